The van der Waals surface area contributed by atoms with Gasteiger partial charge in [0, 0.05) is 6.54 Å². The van der Waals surface area contributed by atoms with Crippen molar-refractivity contribution in [1.29, 1.82) is 0 Å². The Bertz CT molecular complexity index is 86.6. The van der Waals surface area contributed by atoms with Crippen LogP contribution >= 0.6 is 0 Å². The van der Waals surface area contributed by atoms with Crippen molar-refractivity contribution in [2.75, 3.05) is 32.9 Å². The van der Waals surface area contributed by atoms with Gasteiger partial charge in [-0.1, -0.05) is 6.92 Å². The zero-order valence-electron chi connectivity index (χ0n) is 8.43. The summed E-state index contributed by atoms with van der Waals surface area (Å²) in [4.78, 5) is 0. The van der Waals surface area contributed by atoms with Gasteiger partial charge in [-0.25, -0.2) is 0 Å². The van der Waals surface area contributed by atoms with Crippen molar-refractivity contribution in [3.05, 3.63) is 0 Å². The molecule has 0 aliphatic rings. The van der Waals surface area contributed by atoms with E-state index < -0.39 is 0 Å². The molecule has 1 N–H and O–H groups in total. The topological polar surface area (TPSA) is 30.5 Å². The van der Waals surface area contributed by atoms with Crippen molar-refractivity contribution in [3.63, 3.8) is 0 Å². The molecule has 0 radical (unpaired) electrons. The van der Waals surface area contributed by atoms with Crippen LogP contribution in [-0.4, -0.2) is 39.0 Å². The molecule has 0 saturated carbocycles. The SMILES string of the molecule is CCNCCOCCOC(C)C. The minimum atomic E-state index is 0.308. The zero-order valence-corrected chi connectivity index (χ0v) is 8.43. The standard InChI is InChI=1S/C9H21NO2/c1-4-10-5-6-11-7-8-12-9(2)3/h9-10H,4-8H2,1-3H3. The average molecular weight is 175 g/mol. The van der Waals surface area contributed by atoms with Crippen LogP contribution in [0, 0.1) is 0 Å². The van der Waals surface area contributed by atoms with Gasteiger partial charge in [0.15, 0.2) is 0 Å². The van der Waals surface area contributed by atoms with Crippen LogP contribution in [0.5, 0.6) is 0 Å². The maximum Gasteiger partial charge on any atom is 0.0703 e. The Morgan fingerprint density at radius 2 is 1.92 bits per heavy atom. The van der Waals surface area contributed by atoms with Crippen LogP contribution in [0.1, 0.15) is 20.8 Å². The highest BCUT2D eigenvalue weighted by molar-refractivity contribution is 4.41. The van der Waals surface area contributed by atoms with Gasteiger partial charge in [-0.2, -0.15) is 0 Å². The van der Waals surface area contributed by atoms with Gasteiger partial charge in [0.05, 0.1) is 25.9 Å². The van der Waals surface area contributed by atoms with E-state index in [9.17, 15) is 0 Å². The van der Waals surface area contributed by atoms with Crippen LogP contribution < -0.4 is 5.32 Å². The van der Waals surface area contributed by atoms with Crippen molar-refractivity contribution >= 4 is 0 Å². The second-order valence-electron chi connectivity index (χ2n) is 2.89. The lowest BCUT2D eigenvalue weighted by Crippen LogP contribution is -2.20. The molecule has 0 aromatic carbocycles. The normalized spacial score (nSPS) is 11.0. The highest BCUT2D eigenvalue weighted by atomic mass is 16.5. The maximum atomic E-state index is 5.30. The molecule has 0 bridgehead atoms. The molecule has 3 heteroatoms. The molecular weight excluding hydrogens is 154 g/mol. The fourth-order valence-corrected chi connectivity index (χ4v) is 0.766. The quantitative estimate of drug-likeness (QED) is 0.559. The van der Waals surface area contributed by atoms with E-state index in [1.54, 1.807) is 0 Å². The maximum absolute atomic E-state index is 5.30. The molecule has 0 amide bonds. The fourth-order valence-electron chi connectivity index (χ4n) is 0.766. The molecule has 12 heavy (non-hydrogen) atoms. The average Bonchev–Trinajstić information content (AvgIpc) is 2.02. The van der Waals surface area contributed by atoms with Crippen LogP contribution in [0.4, 0.5) is 0 Å². The Labute approximate surface area is 75.4 Å². The van der Waals surface area contributed by atoms with Crippen molar-refractivity contribution < 1.29 is 9.47 Å². The second-order valence-corrected chi connectivity index (χ2v) is 2.89. The van der Waals surface area contributed by atoms with Crippen molar-refractivity contribution in [2.45, 2.75) is 26.9 Å². The van der Waals surface area contributed by atoms with Crippen LogP contribution in [0.25, 0.3) is 0 Å². The molecule has 0 aliphatic heterocycles. The largest absolute Gasteiger partial charge is 0.378 e. The van der Waals surface area contributed by atoms with Crippen LogP contribution in [0.15, 0.2) is 0 Å². The molecule has 0 heterocycles. The smallest absolute Gasteiger partial charge is 0.0703 e. The Morgan fingerprint density at radius 1 is 1.17 bits per heavy atom. The summed E-state index contributed by atoms with van der Waals surface area (Å²) in [5.41, 5.74) is 0. The lowest BCUT2D eigenvalue weighted by atomic mass is 10.5. The third kappa shape index (κ3) is 9.88. The summed E-state index contributed by atoms with van der Waals surface area (Å²) in [5.74, 6) is 0. The molecule has 0 rings (SSSR count). The molecule has 0 spiro atoms. The van der Waals surface area contributed by atoms with E-state index in [0.29, 0.717) is 19.3 Å². The predicted molar refractivity (Wildman–Crippen MR) is 50.5 cm³/mol. The molecule has 0 aromatic heterocycles. The number of hydrogen-bond acceptors (Lipinski definition) is 3. The van der Waals surface area contributed by atoms with Gasteiger partial charge in [-0.05, 0) is 20.4 Å². The van der Waals surface area contributed by atoms with Crippen LogP contribution in [0.2, 0.25) is 0 Å². The number of hydrogen-bond donors (Lipinski definition) is 1. The van der Waals surface area contributed by atoms with Crippen molar-refractivity contribution in [2.24, 2.45) is 0 Å². The number of ether oxygens (including phenoxy) is 2. The first kappa shape index (κ1) is 11.9. The van der Waals surface area contributed by atoms with E-state index in [-0.39, 0.29) is 0 Å². The van der Waals surface area contributed by atoms with Gasteiger partial charge in [-0.3, -0.25) is 0 Å². The second kappa shape index (κ2) is 8.97. The van der Waals surface area contributed by atoms with Gasteiger partial charge in [0.1, 0.15) is 0 Å². The van der Waals surface area contributed by atoms with E-state index in [1.165, 1.54) is 0 Å². The Kier molecular flexibility index (Phi) is 8.88. The van der Waals surface area contributed by atoms with Gasteiger partial charge in [-0.15, -0.1) is 0 Å². The minimum absolute atomic E-state index is 0.308. The minimum Gasteiger partial charge on any atom is -0.378 e. The lowest BCUT2D eigenvalue weighted by Gasteiger charge is -2.07. The van der Waals surface area contributed by atoms with Crippen molar-refractivity contribution in [1.82, 2.24) is 5.32 Å². The third-order valence-electron chi connectivity index (χ3n) is 1.35. The molecule has 74 valence electrons. The van der Waals surface area contributed by atoms with Gasteiger partial charge < -0.3 is 14.8 Å². The molecular formula is C9H21NO2. The molecule has 3 nitrogen and oxygen atoms in total. The Hall–Kier alpha value is -0.120. The molecule has 0 saturated heterocycles. The summed E-state index contributed by atoms with van der Waals surface area (Å²) in [7, 11) is 0. The number of likely N-dealkylation sites (N-methyl/N-ethyl adjacent to an activating group) is 1. The highest BCUT2D eigenvalue weighted by Gasteiger charge is 1.92. The zero-order chi connectivity index (χ0) is 9.23. The first-order valence-corrected chi connectivity index (χ1v) is 4.67. The van der Waals surface area contributed by atoms with E-state index in [1.807, 2.05) is 13.8 Å². The lowest BCUT2D eigenvalue weighted by molar-refractivity contribution is 0.0205. The first-order chi connectivity index (χ1) is 5.77. The van der Waals surface area contributed by atoms with E-state index in [2.05, 4.69) is 12.2 Å². The summed E-state index contributed by atoms with van der Waals surface area (Å²) in [6.45, 7) is 10.2. The van der Waals surface area contributed by atoms with Gasteiger partial charge in [0.2, 0.25) is 0 Å². The summed E-state index contributed by atoms with van der Waals surface area (Å²) in [5, 5.41) is 3.18. The van der Waals surface area contributed by atoms with Crippen LogP contribution in [0.3, 0.4) is 0 Å². The molecule has 0 aliphatic carbocycles. The molecule has 0 atom stereocenters. The summed E-state index contributed by atoms with van der Waals surface area (Å²) in [6, 6.07) is 0. The summed E-state index contributed by atoms with van der Waals surface area (Å²) in [6.07, 6.45) is 0.308. The third-order valence-corrected chi connectivity index (χ3v) is 1.35. The summed E-state index contributed by atoms with van der Waals surface area (Å²) < 4.78 is 10.6. The number of nitrogens with one attached hydrogen (secondary N) is 1. The summed E-state index contributed by atoms with van der Waals surface area (Å²) >= 11 is 0. The van der Waals surface area contributed by atoms with Crippen molar-refractivity contribution in [3.8, 4) is 0 Å². The monoisotopic (exact) mass is 175 g/mol. The van der Waals surface area contributed by atoms with Crippen LogP contribution in [-0.2, 0) is 9.47 Å². The predicted octanol–water partition coefficient (Wildman–Crippen LogP) is 1.04. The highest BCUT2D eigenvalue weighted by Crippen LogP contribution is 1.86. The van der Waals surface area contributed by atoms with E-state index in [0.717, 1.165) is 19.7 Å². The van der Waals surface area contributed by atoms with Gasteiger partial charge >= 0.3 is 0 Å². The Morgan fingerprint density at radius 3 is 2.50 bits per heavy atom. The first-order valence-electron chi connectivity index (χ1n) is 4.67. The fraction of sp³-hybridized carbons (Fsp3) is 1.00. The molecule has 0 unspecified atom stereocenters. The Balaban J connectivity index is 2.82. The van der Waals surface area contributed by atoms with E-state index >= 15 is 0 Å². The molecule has 0 aromatic rings. The molecule has 0 fully saturated rings. The van der Waals surface area contributed by atoms with E-state index in [4.69, 9.17) is 9.47 Å². The number of rotatable bonds is 8. The van der Waals surface area contributed by atoms with Gasteiger partial charge in [0.25, 0.3) is 0 Å².